The van der Waals surface area contributed by atoms with Gasteiger partial charge in [-0.2, -0.15) is 13.2 Å². The minimum absolute atomic E-state index is 0.146. The summed E-state index contributed by atoms with van der Waals surface area (Å²) in [5.74, 6) is 0.748. The number of halogens is 3. The Labute approximate surface area is 237 Å². The van der Waals surface area contributed by atoms with Crippen LogP contribution in [0, 0.1) is 0 Å². The summed E-state index contributed by atoms with van der Waals surface area (Å²) in [6, 6.07) is 18.1. The van der Waals surface area contributed by atoms with Crippen LogP contribution < -0.4 is 14.8 Å². The molecule has 1 aliphatic heterocycles. The number of carbonyl (C=O) groups excluding carboxylic acids is 1. The number of H-pyrrole nitrogens is 1. The minimum atomic E-state index is -4.41. The van der Waals surface area contributed by atoms with E-state index < -0.39 is 12.6 Å². The molecule has 6 nitrogen and oxygen atoms in total. The minimum Gasteiger partial charge on any atom is -0.493 e. The molecule has 41 heavy (non-hydrogen) atoms. The van der Waals surface area contributed by atoms with Gasteiger partial charge >= 0.3 is 6.18 Å². The van der Waals surface area contributed by atoms with Gasteiger partial charge in [-0.25, -0.2) is 0 Å². The predicted octanol–water partition coefficient (Wildman–Crippen LogP) is 6.84. The molecule has 0 radical (unpaired) electrons. The van der Waals surface area contributed by atoms with Crippen molar-refractivity contribution in [1.29, 1.82) is 0 Å². The summed E-state index contributed by atoms with van der Waals surface area (Å²) in [5.41, 5.74) is 3.65. The molecule has 0 spiro atoms. The van der Waals surface area contributed by atoms with Crippen LogP contribution in [0.1, 0.15) is 35.2 Å². The number of nitrogens with zero attached hydrogens (tertiary/aromatic N) is 1. The maximum absolute atomic E-state index is 13.8. The first-order valence-corrected chi connectivity index (χ1v) is 13.7. The van der Waals surface area contributed by atoms with E-state index in [0.29, 0.717) is 51.8 Å². The van der Waals surface area contributed by atoms with E-state index in [1.165, 1.54) is 20.6 Å². The molecule has 2 N–H and O–H groups in total. The molecule has 5 rings (SSSR count). The van der Waals surface area contributed by atoms with E-state index in [4.69, 9.17) is 9.47 Å². The zero-order valence-corrected chi connectivity index (χ0v) is 23.4. The number of methoxy groups -OCH3 is 2. The number of nitrogens with one attached hydrogen (secondary N) is 2. The molecule has 1 fully saturated rings. The molecule has 0 bridgehead atoms. The molecule has 1 unspecified atom stereocenters. The SMILES string of the molecule is COc1ccc(-c2[nH]c3ccc(-c4cccc(C(=O)NCCC5CCCN5C)c4)cc3c2CC(F)(F)F)cc1OC. The summed E-state index contributed by atoms with van der Waals surface area (Å²) in [4.78, 5) is 18.4. The second-order valence-electron chi connectivity index (χ2n) is 10.5. The Morgan fingerprint density at radius 1 is 1.00 bits per heavy atom. The lowest BCUT2D eigenvalue weighted by Crippen LogP contribution is -2.31. The van der Waals surface area contributed by atoms with Crippen molar-refractivity contribution in [2.75, 3.05) is 34.4 Å². The topological polar surface area (TPSA) is 66.6 Å². The van der Waals surface area contributed by atoms with E-state index in [2.05, 4.69) is 22.2 Å². The Balaban J connectivity index is 1.45. The Hall–Kier alpha value is -3.98. The molecule has 9 heteroatoms. The van der Waals surface area contributed by atoms with Gasteiger partial charge in [0.1, 0.15) is 0 Å². The molecule has 216 valence electrons. The summed E-state index contributed by atoms with van der Waals surface area (Å²) in [5, 5.41) is 3.49. The van der Waals surface area contributed by atoms with Crippen molar-refractivity contribution in [2.45, 2.75) is 37.9 Å². The Morgan fingerprint density at radius 2 is 1.76 bits per heavy atom. The van der Waals surface area contributed by atoms with Crippen LogP contribution >= 0.6 is 0 Å². The number of carbonyl (C=O) groups is 1. The van der Waals surface area contributed by atoms with Gasteiger partial charge in [-0.3, -0.25) is 4.79 Å². The Kier molecular flexibility index (Phi) is 8.26. The number of alkyl halides is 3. The number of likely N-dealkylation sites (tertiary alicyclic amines) is 1. The summed E-state index contributed by atoms with van der Waals surface area (Å²) in [6.07, 6.45) is -2.28. The third-order valence-corrected chi connectivity index (χ3v) is 7.85. The third-order valence-electron chi connectivity index (χ3n) is 7.85. The Morgan fingerprint density at radius 3 is 2.46 bits per heavy atom. The van der Waals surface area contributed by atoms with Crippen LogP contribution in [0.25, 0.3) is 33.3 Å². The van der Waals surface area contributed by atoms with Crippen LogP contribution in [-0.2, 0) is 6.42 Å². The van der Waals surface area contributed by atoms with E-state index >= 15 is 0 Å². The fourth-order valence-electron chi connectivity index (χ4n) is 5.69. The van der Waals surface area contributed by atoms with Crippen molar-refractivity contribution in [2.24, 2.45) is 0 Å². The molecule has 3 aromatic carbocycles. The van der Waals surface area contributed by atoms with Crippen LogP contribution in [0.2, 0.25) is 0 Å². The lowest BCUT2D eigenvalue weighted by atomic mass is 9.97. The highest BCUT2D eigenvalue weighted by molar-refractivity contribution is 5.97. The van der Waals surface area contributed by atoms with Crippen molar-refractivity contribution in [1.82, 2.24) is 15.2 Å². The van der Waals surface area contributed by atoms with Gasteiger partial charge in [-0.1, -0.05) is 18.2 Å². The van der Waals surface area contributed by atoms with Crippen molar-refractivity contribution in [3.05, 3.63) is 71.8 Å². The van der Waals surface area contributed by atoms with Crippen LogP contribution in [0.4, 0.5) is 13.2 Å². The standard InChI is InChI=1S/C32H34F3N3O3/c1-38-15-5-8-24(38)13-14-36-31(39)23-7-4-6-20(16-23)21-9-11-27-25(17-21)26(19-32(33,34)35)30(37-27)22-10-12-28(40-2)29(18-22)41-3/h4,6-7,9-12,16-18,24,37H,5,8,13-15,19H2,1-3H3,(H,36,39). The van der Waals surface area contributed by atoms with Gasteiger partial charge in [-0.05, 0) is 92.0 Å². The van der Waals surface area contributed by atoms with Crippen molar-refractivity contribution in [3.8, 4) is 33.9 Å². The fraction of sp³-hybridized carbons (Fsp3) is 0.344. The normalized spacial score (nSPS) is 15.8. The first-order chi connectivity index (χ1) is 19.7. The number of ether oxygens (including phenoxy) is 2. The first kappa shape index (κ1) is 28.5. The molecule has 1 amide bonds. The van der Waals surface area contributed by atoms with E-state index in [1.54, 1.807) is 48.5 Å². The average molecular weight is 566 g/mol. The lowest BCUT2D eigenvalue weighted by Gasteiger charge is -2.19. The predicted molar refractivity (Wildman–Crippen MR) is 155 cm³/mol. The van der Waals surface area contributed by atoms with Crippen molar-refractivity contribution >= 4 is 16.8 Å². The maximum atomic E-state index is 13.8. The van der Waals surface area contributed by atoms with Crippen LogP contribution in [0.3, 0.4) is 0 Å². The number of benzene rings is 3. The number of aromatic nitrogens is 1. The summed E-state index contributed by atoms with van der Waals surface area (Å²) in [6.45, 7) is 1.68. The van der Waals surface area contributed by atoms with E-state index in [-0.39, 0.29) is 11.5 Å². The second kappa shape index (κ2) is 11.9. The zero-order valence-electron chi connectivity index (χ0n) is 23.4. The number of aromatic amines is 1. The molecule has 1 aromatic heterocycles. The molecule has 0 aliphatic carbocycles. The quantitative estimate of drug-likeness (QED) is 0.233. The molecule has 1 saturated heterocycles. The lowest BCUT2D eigenvalue weighted by molar-refractivity contribution is -0.126. The maximum Gasteiger partial charge on any atom is 0.393 e. The number of rotatable bonds is 9. The molecular weight excluding hydrogens is 531 g/mol. The van der Waals surface area contributed by atoms with Crippen molar-refractivity contribution < 1.29 is 27.4 Å². The fourth-order valence-corrected chi connectivity index (χ4v) is 5.69. The molecule has 4 aromatic rings. The molecule has 1 aliphatic rings. The van der Waals surface area contributed by atoms with E-state index in [9.17, 15) is 18.0 Å². The molecule has 1 atom stereocenters. The Bertz CT molecular complexity index is 1550. The van der Waals surface area contributed by atoms with Gasteiger partial charge < -0.3 is 24.7 Å². The summed E-state index contributed by atoms with van der Waals surface area (Å²) in [7, 11) is 5.10. The number of hydrogen-bond acceptors (Lipinski definition) is 4. The number of fused-ring (bicyclic) bond motifs is 1. The zero-order chi connectivity index (χ0) is 29.1. The van der Waals surface area contributed by atoms with E-state index in [0.717, 1.165) is 30.5 Å². The third kappa shape index (κ3) is 6.35. The van der Waals surface area contributed by atoms with Crippen LogP contribution in [0.5, 0.6) is 11.5 Å². The number of hydrogen-bond donors (Lipinski definition) is 2. The number of amides is 1. The summed E-state index contributed by atoms with van der Waals surface area (Å²) >= 11 is 0. The van der Waals surface area contributed by atoms with E-state index in [1.807, 2.05) is 12.1 Å². The van der Waals surface area contributed by atoms with Gasteiger partial charge in [-0.15, -0.1) is 0 Å². The molecule has 2 heterocycles. The molecule has 0 saturated carbocycles. The highest BCUT2D eigenvalue weighted by Gasteiger charge is 2.31. The van der Waals surface area contributed by atoms with Gasteiger partial charge in [0.15, 0.2) is 11.5 Å². The highest BCUT2D eigenvalue weighted by Crippen LogP contribution is 2.39. The van der Waals surface area contributed by atoms with Crippen LogP contribution in [-0.4, -0.2) is 62.4 Å². The van der Waals surface area contributed by atoms with Gasteiger partial charge in [0.05, 0.1) is 26.3 Å². The molecular formula is C32H34F3N3O3. The second-order valence-corrected chi connectivity index (χ2v) is 10.5. The monoisotopic (exact) mass is 565 g/mol. The van der Waals surface area contributed by atoms with Crippen molar-refractivity contribution in [3.63, 3.8) is 0 Å². The van der Waals surface area contributed by atoms with Gasteiger partial charge in [0.25, 0.3) is 5.91 Å². The first-order valence-electron chi connectivity index (χ1n) is 13.7. The summed E-state index contributed by atoms with van der Waals surface area (Å²) < 4.78 is 52.0. The van der Waals surface area contributed by atoms with Crippen LogP contribution in [0.15, 0.2) is 60.7 Å². The van der Waals surface area contributed by atoms with Gasteiger partial charge in [0.2, 0.25) is 0 Å². The average Bonchev–Trinajstić information content (AvgIpc) is 3.54. The largest absolute Gasteiger partial charge is 0.493 e. The highest BCUT2D eigenvalue weighted by atomic mass is 19.4. The van der Waals surface area contributed by atoms with Gasteiger partial charge in [0, 0.05) is 34.6 Å². The smallest absolute Gasteiger partial charge is 0.393 e.